The summed E-state index contributed by atoms with van der Waals surface area (Å²) < 4.78 is 4.50. The molecule has 2 amide bonds. The van der Waals surface area contributed by atoms with Crippen LogP contribution < -0.4 is 10.6 Å². The molecule has 1 heterocycles. The van der Waals surface area contributed by atoms with Gasteiger partial charge in [-0.15, -0.1) is 0 Å². The average molecular weight is 144 g/mol. The van der Waals surface area contributed by atoms with Crippen LogP contribution in [-0.2, 0) is 9.53 Å². The van der Waals surface area contributed by atoms with Crippen LogP contribution in [0.15, 0.2) is 0 Å². The van der Waals surface area contributed by atoms with Gasteiger partial charge in [0.1, 0.15) is 12.8 Å². The summed E-state index contributed by atoms with van der Waals surface area (Å²) in [6.45, 7) is 1.59. The smallest absolute Gasteiger partial charge is 0.409 e. The summed E-state index contributed by atoms with van der Waals surface area (Å²) in [6, 6.07) is 0. The number of alkyl carbamates (subject to hydrolysis) is 1. The molecule has 1 aliphatic heterocycles. The molecule has 56 valence electrons. The molecule has 5 nitrogen and oxygen atoms in total. The fourth-order valence-electron chi connectivity index (χ4n) is 0.708. The molecule has 5 heteroatoms. The van der Waals surface area contributed by atoms with Crippen molar-refractivity contribution in [1.82, 2.24) is 10.6 Å². The average Bonchev–Trinajstić information content (AvgIpc) is 2.13. The minimum Gasteiger partial charge on any atom is -0.445 e. The van der Waals surface area contributed by atoms with Crippen molar-refractivity contribution in [3.63, 3.8) is 0 Å². The van der Waals surface area contributed by atoms with Crippen LogP contribution in [0, 0.1) is 0 Å². The normalized spacial score (nSPS) is 23.3. The van der Waals surface area contributed by atoms with Crippen molar-refractivity contribution in [2.24, 2.45) is 0 Å². The highest BCUT2D eigenvalue weighted by Gasteiger charge is 2.21. The van der Waals surface area contributed by atoms with Crippen molar-refractivity contribution in [3.8, 4) is 0 Å². The molecule has 0 radical (unpaired) electrons. The molecule has 0 aromatic heterocycles. The van der Waals surface area contributed by atoms with E-state index in [-0.39, 0.29) is 18.7 Å². The van der Waals surface area contributed by atoms with Crippen LogP contribution in [0.25, 0.3) is 0 Å². The van der Waals surface area contributed by atoms with E-state index >= 15 is 0 Å². The summed E-state index contributed by atoms with van der Waals surface area (Å²) in [6.07, 6.45) is -0.844. The topological polar surface area (TPSA) is 67.4 Å². The molecule has 1 aliphatic rings. The third kappa shape index (κ3) is 1.61. The van der Waals surface area contributed by atoms with E-state index in [1.807, 2.05) is 0 Å². The van der Waals surface area contributed by atoms with Crippen molar-refractivity contribution in [2.75, 3.05) is 6.61 Å². The first-order valence-corrected chi connectivity index (χ1v) is 2.89. The van der Waals surface area contributed by atoms with E-state index in [1.54, 1.807) is 0 Å². The minimum atomic E-state index is -0.487. The van der Waals surface area contributed by atoms with Gasteiger partial charge in [-0.1, -0.05) is 0 Å². The maximum absolute atomic E-state index is 10.4. The van der Waals surface area contributed by atoms with Crippen LogP contribution in [0.1, 0.15) is 6.92 Å². The van der Waals surface area contributed by atoms with Gasteiger partial charge < -0.3 is 10.1 Å². The zero-order valence-corrected chi connectivity index (χ0v) is 5.51. The third-order valence-corrected chi connectivity index (χ3v) is 1.05. The van der Waals surface area contributed by atoms with Gasteiger partial charge in [0.25, 0.3) is 0 Å². The summed E-state index contributed by atoms with van der Waals surface area (Å²) in [5.74, 6) is -0.184. The van der Waals surface area contributed by atoms with Crippen LogP contribution in [0.5, 0.6) is 0 Å². The SMILES string of the molecule is CC(=O)NC1COC(=O)N1. The second-order valence-corrected chi connectivity index (χ2v) is 2.00. The van der Waals surface area contributed by atoms with Gasteiger partial charge >= 0.3 is 6.09 Å². The van der Waals surface area contributed by atoms with E-state index in [4.69, 9.17) is 0 Å². The highest BCUT2D eigenvalue weighted by Crippen LogP contribution is 1.92. The van der Waals surface area contributed by atoms with Crippen LogP contribution >= 0.6 is 0 Å². The highest BCUT2D eigenvalue weighted by atomic mass is 16.6. The Labute approximate surface area is 57.7 Å². The number of cyclic esters (lactones) is 1. The molecule has 0 aromatic carbocycles. The lowest BCUT2D eigenvalue weighted by Gasteiger charge is -2.05. The first-order valence-electron chi connectivity index (χ1n) is 2.89. The molecule has 1 atom stereocenters. The molecular weight excluding hydrogens is 136 g/mol. The molecule has 0 bridgehead atoms. The number of carbonyl (C=O) groups is 2. The number of ether oxygens (including phenoxy) is 1. The summed E-state index contributed by atoms with van der Waals surface area (Å²) in [7, 11) is 0. The molecule has 0 aromatic rings. The number of rotatable bonds is 1. The summed E-state index contributed by atoms with van der Waals surface area (Å²) in [5.41, 5.74) is 0. The number of amides is 2. The summed E-state index contributed by atoms with van der Waals surface area (Å²) in [5, 5.41) is 4.87. The molecule has 1 fully saturated rings. The Morgan fingerprint density at radius 2 is 2.60 bits per heavy atom. The van der Waals surface area contributed by atoms with Gasteiger partial charge in [-0.3, -0.25) is 10.1 Å². The molecule has 1 rings (SSSR count). The molecule has 1 saturated heterocycles. The minimum absolute atomic E-state index is 0.184. The van der Waals surface area contributed by atoms with E-state index < -0.39 is 6.09 Å². The van der Waals surface area contributed by atoms with Gasteiger partial charge in [-0.25, -0.2) is 4.79 Å². The van der Waals surface area contributed by atoms with Crippen molar-refractivity contribution in [1.29, 1.82) is 0 Å². The van der Waals surface area contributed by atoms with Gasteiger partial charge in [0, 0.05) is 6.92 Å². The molecule has 10 heavy (non-hydrogen) atoms. The number of nitrogens with one attached hydrogen (secondary N) is 2. The quantitative estimate of drug-likeness (QED) is 0.505. The Kier molecular flexibility index (Phi) is 1.75. The Hall–Kier alpha value is -1.26. The first-order chi connectivity index (χ1) is 4.68. The van der Waals surface area contributed by atoms with E-state index in [1.165, 1.54) is 6.92 Å². The molecule has 0 saturated carbocycles. The monoisotopic (exact) mass is 144 g/mol. The fourth-order valence-corrected chi connectivity index (χ4v) is 0.708. The van der Waals surface area contributed by atoms with Crippen molar-refractivity contribution in [2.45, 2.75) is 13.1 Å². The van der Waals surface area contributed by atoms with E-state index in [0.29, 0.717) is 0 Å². The largest absolute Gasteiger partial charge is 0.445 e. The van der Waals surface area contributed by atoms with E-state index in [0.717, 1.165) is 0 Å². The number of hydrogen-bond donors (Lipinski definition) is 2. The summed E-state index contributed by atoms with van der Waals surface area (Å²) >= 11 is 0. The third-order valence-electron chi connectivity index (χ3n) is 1.05. The van der Waals surface area contributed by atoms with Crippen LogP contribution in [0.4, 0.5) is 4.79 Å². The predicted octanol–water partition coefficient (Wildman–Crippen LogP) is -0.812. The maximum atomic E-state index is 10.4. The molecule has 0 spiro atoms. The number of carbonyl (C=O) groups excluding carboxylic acids is 2. The van der Waals surface area contributed by atoms with Gasteiger partial charge in [-0.05, 0) is 0 Å². The zero-order chi connectivity index (χ0) is 7.56. The first kappa shape index (κ1) is 6.85. The Morgan fingerprint density at radius 1 is 1.90 bits per heavy atom. The lowest BCUT2D eigenvalue weighted by Crippen LogP contribution is -2.42. The fraction of sp³-hybridized carbons (Fsp3) is 0.600. The summed E-state index contributed by atoms with van der Waals surface area (Å²) in [4.78, 5) is 20.7. The van der Waals surface area contributed by atoms with Crippen LogP contribution in [0.3, 0.4) is 0 Å². The molecular formula is C5H8N2O3. The standard InChI is InChI=1S/C5H8N2O3/c1-3(8)6-4-2-10-5(9)7-4/h4H,2H2,1H3,(H,6,8)(H,7,9). The van der Waals surface area contributed by atoms with Gasteiger partial charge in [0.15, 0.2) is 0 Å². The lowest BCUT2D eigenvalue weighted by molar-refractivity contribution is -0.119. The van der Waals surface area contributed by atoms with Crippen LogP contribution in [0.2, 0.25) is 0 Å². The maximum Gasteiger partial charge on any atom is 0.409 e. The van der Waals surface area contributed by atoms with Crippen molar-refractivity contribution >= 4 is 12.0 Å². The lowest BCUT2D eigenvalue weighted by atomic mass is 10.5. The second-order valence-electron chi connectivity index (χ2n) is 2.00. The van der Waals surface area contributed by atoms with E-state index in [2.05, 4.69) is 15.4 Å². The Morgan fingerprint density at radius 3 is 3.00 bits per heavy atom. The Bertz CT molecular complexity index is 168. The Balaban J connectivity index is 2.31. The van der Waals surface area contributed by atoms with Crippen LogP contribution in [-0.4, -0.2) is 24.8 Å². The molecule has 1 unspecified atom stereocenters. The second kappa shape index (κ2) is 2.55. The number of hydrogen-bond acceptors (Lipinski definition) is 3. The highest BCUT2D eigenvalue weighted by molar-refractivity contribution is 5.75. The van der Waals surface area contributed by atoms with Gasteiger partial charge in [-0.2, -0.15) is 0 Å². The predicted molar refractivity (Wildman–Crippen MR) is 32.1 cm³/mol. The van der Waals surface area contributed by atoms with E-state index in [9.17, 15) is 9.59 Å². The molecule has 2 N–H and O–H groups in total. The zero-order valence-electron chi connectivity index (χ0n) is 5.51. The van der Waals surface area contributed by atoms with Gasteiger partial charge in [0.05, 0.1) is 0 Å². The van der Waals surface area contributed by atoms with Gasteiger partial charge in [0.2, 0.25) is 5.91 Å². The van der Waals surface area contributed by atoms with Crippen molar-refractivity contribution < 1.29 is 14.3 Å². The van der Waals surface area contributed by atoms with Crippen molar-refractivity contribution in [3.05, 3.63) is 0 Å². The molecule has 0 aliphatic carbocycles.